The highest BCUT2D eigenvalue weighted by atomic mass is 19.3. The third kappa shape index (κ3) is 2.39. The van der Waals surface area contributed by atoms with Crippen LogP contribution in [-0.2, 0) is 0 Å². The number of alkyl halides is 2. The number of rotatable bonds is 2. The Morgan fingerprint density at radius 3 is 2.00 bits per heavy atom. The van der Waals surface area contributed by atoms with Crippen molar-refractivity contribution >= 4 is 0 Å². The average molecular weight is 192 g/mol. The molecule has 1 saturated carbocycles. The van der Waals surface area contributed by atoms with Crippen LogP contribution in [0.15, 0.2) is 0 Å². The molecule has 0 aromatic heterocycles. The van der Waals surface area contributed by atoms with E-state index >= 15 is 0 Å². The highest BCUT2D eigenvalue weighted by molar-refractivity contribution is 4.88. The summed E-state index contributed by atoms with van der Waals surface area (Å²) in [6, 6.07) is 0. The Labute approximate surface area is 78.1 Å². The van der Waals surface area contributed by atoms with Crippen LogP contribution >= 0.6 is 0 Å². The van der Waals surface area contributed by atoms with Crippen LogP contribution in [-0.4, -0.2) is 17.1 Å². The van der Waals surface area contributed by atoms with E-state index in [2.05, 4.69) is 13.8 Å². The molecule has 1 aliphatic carbocycles. The number of hydrogen-bond donors (Lipinski definition) is 1. The van der Waals surface area contributed by atoms with Gasteiger partial charge in [-0.3, -0.25) is 0 Å². The minimum atomic E-state index is -2.58. The SMILES string of the molecule is CC(C)C1CCC(O)(C(F)F)CC1. The van der Waals surface area contributed by atoms with Crippen molar-refractivity contribution < 1.29 is 13.9 Å². The fraction of sp³-hybridized carbons (Fsp3) is 1.00. The van der Waals surface area contributed by atoms with Crippen LogP contribution < -0.4 is 0 Å². The van der Waals surface area contributed by atoms with Crippen molar-refractivity contribution in [1.29, 1.82) is 0 Å². The second kappa shape index (κ2) is 3.91. The molecule has 0 bridgehead atoms. The smallest absolute Gasteiger partial charge is 0.266 e. The summed E-state index contributed by atoms with van der Waals surface area (Å²) in [5.41, 5.74) is -1.69. The van der Waals surface area contributed by atoms with Crippen molar-refractivity contribution in [3.05, 3.63) is 0 Å². The number of hydrogen-bond acceptors (Lipinski definition) is 1. The maximum Gasteiger partial charge on any atom is 0.266 e. The van der Waals surface area contributed by atoms with Gasteiger partial charge in [0.15, 0.2) is 0 Å². The third-order valence-corrected chi connectivity index (χ3v) is 3.25. The average Bonchev–Trinajstić information content (AvgIpc) is 2.04. The van der Waals surface area contributed by atoms with Crippen LogP contribution in [0.3, 0.4) is 0 Å². The molecule has 0 aromatic carbocycles. The highest BCUT2D eigenvalue weighted by Crippen LogP contribution is 2.38. The largest absolute Gasteiger partial charge is 0.384 e. The third-order valence-electron chi connectivity index (χ3n) is 3.25. The fourth-order valence-electron chi connectivity index (χ4n) is 2.02. The first-order valence-electron chi connectivity index (χ1n) is 4.96. The van der Waals surface area contributed by atoms with Crippen molar-refractivity contribution in [2.24, 2.45) is 11.8 Å². The Bertz CT molecular complexity index is 160. The summed E-state index contributed by atoms with van der Waals surface area (Å²) in [7, 11) is 0. The van der Waals surface area contributed by atoms with Crippen LogP contribution in [0, 0.1) is 11.8 Å². The quantitative estimate of drug-likeness (QED) is 0.713. The lowest BCUT2D eigenvalue weighted by atomic mass is 9.75. The van der Waals surface area contributed by atoms with Crippen LogP contribution in [0.5, 0.6) is 0 Å². The molecule has 78 valence electrons. The van der Waals surface area contributed by atoms with Gasteiger partial charge in [0.05, 0.1) is 0 Å². The molecule has 3 heteroatoms. The summed E-state index contributed by atoms with van der Waals surface area (Å²) >= 11 is 0. The minimum Gasteiger partial charge on any atom is -0.384 e. The van der Waals surface area contributed by atoms with Crippen LogP contribution in [0.4, 0.5) is 8.78 Å². The van der Waals surface area contributed by atoms with Gasteiger partial charge in [-0.2, -0.15) is 0 Å². The Balaban J connectivity index is 2.47. The maximum atomic E-state index is 12.4. The van der Waals surface area contributed by atoms with Crippen LogP contribution in [0.1, 0.15) is 39.5 Å². The molecule has 1 nitrogen and oxygen atoms in total. The zero-order chi connectivity index (χ0) is 10.1. The van der Waals surface area contributed by atoms with E-state index in [0.717, 1.165) is 12.8 Å². The fourth-order valence-corrected chi connectivity index (χ4v) is 2.02. The molecular formula is C10H18F2O. The Hall–Kier alpha value is -0.180. The van der Waals surface area contributed by atoms with E-state index in [1.54, 1.807) is 0 Å². The molecule has 0 aromatic rings. The van der Waals surface area contributed by atoms with Gasteiger partial charge in [-0.25, -0.2) is 8.78 Å². The van der Waals surface area contributed by atoms with E-state index in [0.29, 0.717) is 11.8 Å². The molecule has 13 heavy (non-hydrogen) atoms. The summed E-state index contributed by atoms with van der Waals surface area (Å²) in [4.78, 5) is 0. The summed E-state index contributed by atoms with van der Waals surface area (Å²) in [5, 5.41) is 9.50. The van der Waals surface area contributed by atoms with Crippen LogP contribution in [0.25, 0.3) is 0 Å². The molecule has 0 saturated heterocycles. The standard InChI is InChI=1S/C10H18F2O/c1-7(2)8-3-5-10(13,6-4-8)9(11)12/h7-9,13H,3-6H2,1-2H3. The Morgan fingerprint density at radius 2 is 1.69 bits per heavy atom. The summed E-state index contributed by atoms with van der Waals surface area (Å²) in [6.45, 7) is 4.22. The van der Waals surface area contributed by atoms with Gasteiger partial charge in [0.2, 0.25) is 0 Å². The molecule has 1 aliphatic rings. The van der Waals surface area contributed by atoms with Crippen molar-refractivity contribution in [1.82, 2.24) is 0 Å². The lowest BCUT2D eigenvalue weighted by molar-refractivity contribution is -0.124. The topological polar surface area (TPSA) is 20.2 Å². The predicted molar refractivity (Wildman–Crippen MR) is 47.7 cm³/mol. The zero-order valence-corrected chi connectivity index (χ0v) is 8.26. The second-order valence-corrected chi connectivity index (χ2v) is 4.49. The van der Waals surface area contributed by atoms with E-state index in [1.165, 1.54) is 0 Å². The van der Waals surface area contributed by atoms with Gasteiger partial charge in [0.1, 0.15) is 5.60 Å². The van der Waals surface area contributed by atoms with Gasteiger partial charge in [0, 0.05) is 0 Å². The predicted octanol–water partition coefficient (Wildman–Crippen LogP) is 2.83. The van der Waals surface area contributed by atoms with Crippen molar-refractivity contribution in [2.75, 3.05) is 0 Å². The van der Waals surface area contributed by atoms with Crippen LogP contribution in [0.2, 0.25) is 0 Å². The van der Waals surface area contributed by atoms with Crippen molar-refractivity contribution in [3.8, 4) is 0 Å². The summed E-state index contributed by atoms with van der Waals surface area (Å²) < 4.78 is 24.8. The number of aliphatic hydroxyl groups is 1. The highest BCUT2D eigenvalue weighted by Gasteiger charge is 2.41. The molecule has 0 spiro atoms. The Kier molecular flexibility index (Phi) is 3.28. The zero-order valence-electron chi connectivity index (χ0n) is 8.26. The first-order chi connectivity index (χ1) is 5.96. The van der Waals surface area contributed by atoms with Gasteiger partial charge >= 0.3 is 0 Å². The van der Waals surface area contributed by atoms with E-state index in [9.17, 15) is 13.9 Å². The molecule has 0 radical (unpaired) electrons. The molecule has 0 aliphatic heterocycles. The lowest BCUT2D eigenvalue weighted by Gasteiger charge is -2.36. The van der Waals surface area contributed by atoms with Gasteiger partial charge < -0.3 is 5.11 Å². The first kappa shape index (κ1) is 10.9. The molecule has 0 amide bonds. The summed E-state index contributed by atoms with van der Waals surface area (Å²) in [5.74, 6) is 1.06. The van der Waals surface area contributed by atoms with Crippen molar-refractivity contribution in [2.45, 2.75) is 51.6 Å². The molecule has 0 atom stereocenters. The lowest BCUT2D eigenvalue weighted by Crippen LogP contribution is -2.41. The normalized spacial score (nSPS) is 35.8. The summed E-state index contributed by atoms with van der Waals surface area (Å²) in [6.07, 6.45) is -0.599. The molecular weight excluding hydrogens is 174 g/mol. The Morgan fingerprint density at radius 1 is 1.23 bits per heavy atom. The second-order valence-electron chi connectivity index (χ2n) is 4.49. The van der Waals surface area contributed by atoms with E-state index < -0.39 is 12.0 Å². The monoisotopic (exact) mass is 192 g/mol. The molecule has 0 heterocycles. The maximum absolute atomic E-state index is 12.4. The van der Waals surface area contributed by atoms with Gasteiger partial charge in [-0.05, 0) is 37.5 Å². The number of halogens is 2. The van der Waals surface area contributed by atoms with E-state index in [-0.39, 0.29) is 12.8 Å². The molecule has 1 N–H and O–H groups in total. The molecule has 1 fully saturated rings. The van der Waals surface area contributed by atoms with Gasteiger partial charge in [-0.15, -0.1) is 0 Å². The molecule has 0 unspecified atom stereocenters. The van der Waals surface area contributed by atoms with Gasteiger partial charge in [0.25, 0.3) is 6.43 Å². The van der Waals surface area contributed by atoms with Crippen molar-refractivity contribution in [3.63, 3.8) is 0 Å². The van der Waals surface area contributed by atoms with E-state index in [4.69, 9.17) is 0 Å². The minimum absolute atomic E-state index is 0.257. The van der Waals surface area contributed by atoms with E-state index in [1.807, 2.05) is 0 Å². The molecule has 1 rings (SSSR count). The first-order valence-corrected chi connectivity index (χ1v) is 4.96. The van der Waals surface area contributed by atoms with Gasteiger partial charge in [-0.1, -0.05) is 13.8 Å².